The number of aryl methyl sites for hydroxylation is 2. The third-order valence-corrected chi connectivity index (χ3v) is 3.48. The van der Waals surface area contributed by atoms with Crippen LogP contribution >= 0.6 is 11.3 Å². The van der Waals surface area contributed by atoms with E-state index in [1.165, 1.54) is 10.9 Å². The van der Waals surface area contributed by atoms with Crippen LogP contribution in [-0.2, 0) is 0 Å². The van der Waals surface area contributed by atoms with Gasteiger partial charge in [-0.25, -0.2) is 4.39 Å². The van der Waals surface area contributed by atoms with Gasteiger partial charge in [0.1, 0.15) is 5.82 Å². The SMILES string of the molecule is Cc1ccc(C(N)c2csc(C)c2)c(F)c1. The van der Waals surface area contributed by atoms with E-state index in [2.05, 4.69) is 0 Å². The van der Waals surface area contributed by atoms with Crippen LogP contribution in [0, 0.1) is 19.7 Å². The fourth-order valence-corrected chi connectivity index (χ4v) is 2.43. The van der Waals surface area contributed by atoms with Gasteiger partial charge in [0.15, 0.2) is 0 Å². The van der Waals surface area contributed by atoms with Gasteiger partial charge in [-0.05, 0) is 42.5 Å². The Balaban J connectivity index is 2.37. The van der Waals surface area contributed by atoms with E-state index in [1.54, 1.807) is 17.4 Å². The number of halogens is 1. The highest BCUT2D eigenvalue weighted by atomic mass is 32.1. The van der Waals surface area contributed by atoms with Crippen molar-refractivity contribution in [3.63, 3.8) is 0 Å². The van der Waals surface area contributed by atoms with Crippen LogP contribution in [0.5, 0.6) is 0 Å². The van der Waals surface area contributed by atoms with Crippen LogP contribution < -0.4 is 5.73 Å². The maximum Gasteiger partial charge on any atom is 0.128 e. The quantitative estimate of drug-likeness (QED) is 0.846. The molecule has 2 N–H and O–H groups in total. The average Bonchev–Trinajstić information content (AvgIpc) is 2.64. The molecule has 3 heteroatoms. The van der Waals surface area contributed by atoms with Gasteiger partial charge in [-0.2, -0.15) is 0 Å². The Kier molecular flexibility index (Phi) is 3.08. The van der Waals surface area contributed by atoms with Crippen molar-refractivity contribution in [2.45, 2.75) is 19.9 Å². The second-order valence-corrected chi connectivity index (χ2v) is 5.11. The van der Waals surface area contributed by atoms with Crippen molar-refractivity contribution in [2.75, 3.05) is 0 Å². The summed E-state index contributed by atoms with van der Waals surface area (Å²) in [5.74, 6) is -0.226. The van der Waals surface area contributed by atoms with Crippen LogP contribution in [0.2, 0.25) is 0 Å². The van der Waals surface area contributed by atoms with E-state index in [9.17, 15) is 4.39 Å². The average molecular weight is 235 g/mol. The van der Waals surface area contributed by atoms with Crippen LogP contribution in [-0.4, -0.2) is 0 Å². The Hall–Kier alpha value is -1.19. The number of thiophene rings is 1. The molecule has 2 rings (SSSR count). The lowest BCUT2D eigenvalue weighted by Gasteiger charge is -2.11. The first-order valence-corrected chi connectivity index (χ1v) is 6.02. The van der Waals surface area contributed by atoms with Crippen molar-refractivity contribution >= 4 is 11.3 Å². The Morgan fingerprint density at radius 3 is 2.56 bits per heavy atom. The normalized spacial score (nSPS) is 12.8. The maximum atomic E-state index is 13.7. The zero-order valence-electron chi connectivity index (χ0n) is 9.33. The van der Waals surface area contributed by atoms with Crippen LogP contribution in [0.15, 0.2) is 29.6 Å². The predicted molar refractivity (Wildman–Crippen MR) is 66.2 cm³/mol. The minimum Gasteiger partial charge on any atom is -0.320 e. The van der Waals surface area contributed by atoms with E-state index in [0.717, 1.165) is 11.1 Å². The highest BCUT2D eigenvalue weighted by Crippen LogP contribution is 2.26. The molecule has 0 saturated carbocycles. The number of hydrogen-bond acceptors (Lipinski definition) is 2. The number of benzene rings is 1. The number of nitrogens with two attached hydrogens (primary N) is 1. The molecule has 84 valence electrons. The molecule has 0 aliphatic carbocycles. The van der Waals surface area contributed by atoms with E-state index in [0.29, 0.717) is 5.56 Å². The molecule has 1 atom stereocenters. The van der Waals surface area contributed by atoms with Gasteiger partial charge < -0.3 is 5.73 Å². The Morgan fingerprint density at radius 1 is 1.25 bits per heavy atom. The molecule has 0 aliphatic rings. The molecule has 1 nitrogen and oxygen atoms in total. The van der Waals surface area contributed by atoms with Crippen LogP contribution in [0.1, 0.15) is 27.6 Å². The lowest BCUT2D eigenvalue weighted by molar-refractivity contribution is 0.599. The summed E-state index contributed by atoms with van der Waals surface area (Å²) in [5.41, 5.74) is 8.49. The van der Waals surface area contributed by atoms with E-state index in [4.69, 9.17) is 5.73 Å². The fourth-order valence-electron chi connectivity index (χ4n) is 1.69. The summed E-state index contributed by atoms with van der Waals surface area (Å²) in [6.45, 7) is 3.89. The lowest BCUT2D eigenvalue weighted by Crippen LogP contribution is -2.12. The van der Waals surface area contributed by atoms with Gasteiger partial charge >= 0.3 is 0 Å². The second-order valence-electron chi connectivity index (χ2n) is 3.99. The topological polar surface area (TPSA) is 26.0 Å². The highest BCUT2D eigenvalue weighted by molar-refractivity contribution is 7.10. The Labute approximate surface area is 98.7 Å². The first kappa shape index (κ1) is 11.3. The van der Waals surface area contributed by atoms with Crippen molar-refractivity contribution in [2.24, 2.45) is 5.73 Å². The minimum absolute atomic E-state index is 0.226. The molecule has 1 aromatic heterocycles. The summed E-state index contributed by atoms with van der Waals surface area (Å²) in [4.78, 5) is 1.19. The smallest absolute Gasteiger partial charge is 0.128 e. The molecule has 0 amide bonds. The van der Waals surface area contributed by atoms with E-state index < -0.39 is 0 Å². The molecule has 16 heavy (non-hydrogen) atoms. The van der Waals surface area contributed by atoms with Gasteiger partial charge in [-0.3, -0.25) is 0 Å². The van der Waals surface area contributed by atoms with Gasteiger partial charge in [0.05, 0.1) is 6.04 Å². The monoisotopic (exact) mass is 235 g/mol. The van der Waals surface area contributed by atoms with Crippen molar-refractivity contribution in [1.82, 2.24) is 0 Å². The summed E-state index contributed by atoms with van der Waals surface area (Å²) < 4.78 is 13.7. The van der Waals surface area contributed by atoms with Crippen LogP contribution in [0.4, 0.5) is 4.39 Å². The molecule has 1 heterocycles. The zero-order chi connectivity index (χ0) is 11.7. The molecule has 0 radical (unpaired) electrons. The summed E-state index contributed by atoms with van der Waals surface area (Å²) in [6.07, 6.45) is 0. The van der Waals surface area contributed by atoms with E-state index >= 15 is 0 Å². The highest BCUT2D eigenvalue weighted by Gasteiger charge is 2.14. The minimum atomic E-state index is -0.370. The van der Waals surface area contributed by atoms with Crippen molar-refractivity contribution in [1.29, 1.82) is 0 Å². The molecule has 1 unspecified atom stereocenters. The van der Waals surface area contributed by atoms with E-state index in [-0.39, 0.29) is 11.9 Å². The third kappa shape index (κ3) is 2.15. The van der Waals surface area contributed by atoms with Gasteiger partial charge in [-0.15, -0.1) is 11.3 Å². The fraction of sp³-hybridized carbons (Fsp3) is 0.231. The van der Waals surface area contributed by atoms with Crippen molar-refractivity contribution in [3.8, 4) is 0 Å². The number of hydrogen-bond donors (Lipinski definition) is 1. The maximum absolute atomic E-state index is 13.7. The Bertz CT molecular complexity index is 504. The molecule has 0 fully saturated rings. The largest absolute Gasteiger partial charge is 0.320 e. The lowest BCUT2D eigenvalue weighted by atomic mass is 10.0. The summed E-state index contributed by atoms with van der Waals surface area (Å²) in [5, 5.41) is 1.99. The summed E-state index contributed by atoms with van der Waals surface area (Å²) in [6, 6.07) is 6.81. The molecular formula is C13H14FNS. The van der Waals surface area contributed by atoms with Gasteiger partial charge in [0.2, 0.25) is 0 Å². The summed E-state index contributed by atoms with van der Waals surface area (Å²) in [7, 11) is 0. The van der Waals surface area contributed by atoms with Gasteiger partial charge in [0.25, 0.3) is 0 Å². The molecule has 0 saturated heterocycles. The standard InChI is InChI=1S/C13H14FNS/c1-8-3-4-11(12(14)5-8)13(15)10-6-9(2)16-7-10/h3-7,13H,15H2,1-2H3. The molecule has 0 spiro atoms. The molecule has 1 aromatic carbocycles. The molecule has 0 bridgehead atoms. The van der Waals surface area contributed by atoms with Gasteiger partial charge in [0, 0.05) is 10.4 Å². The summed E-state index contributed by atoms with van der Waals surface area (Å²) >= 11 is 1.63. The first-order chi connectivity index (χ1) is 7.58. The molecular weight excluding hydrogens is 221 g/mol. The predicted octanol–water partition coefficient (Wildman–Crippen LogP) is 3.55. The van der Waals surface area contributed by atoms with Crippen molar-refractivity contribution < 1.29 is 4.39 Å². The Morgan fingerprint density at radius 2 is 2.00 bits per heavy atom. The zero-order valence-corrected chi connectivity index (χ0v) is 10.1. The van der Waals surface area contributed by atoms with Gasteiger partial charge in [-0.1, -0.05) is 12.1 Å². The van der Waals surface area contributed by atoms with E-state index in [1.807, 2.05) is 31.4 Å². The first-order valence-electron chi connectivity index (χ1n) is 5.14. The third-order valence-electron chi connectivity index (χ3n) is 2.60. The number of rotatable bonds is 2. The molecule has 0 aliphatic heterocycles. The van der Waals surface area contributed by atoms with Crippen molar-refractivity contribution in [3.05, 3.63) is 57.0 Å². The van der Waals surface area contributed by atoms with Crippen LogP contribution in [0.25, 0.3) is 0 Å². The second kappa shape index (κ2) is 4.36. The van der Waals surface area contributed by atoms with Crippen LogP contribution in [0.3, 0.4) is 0 Å². The molecule has 2 aromatic rings.